The van der Waals surface area contributed by atoms with E-state index in [4.69, 9.17) is 9.97 Å². The van der Waals surface area contributed by atoms with Gasteiger partial charge >= 0.3 is 0 Å². The second-order valence-corrected chi connectivity index (χ2v) is 14.0. The van der Waals surface area contributed by atoms with Crippen LogP contribution in [-0.4, -0.2) is 19.5 Å². The summed E-state index contributed by atoms with van der Waals surface area (Å²) in [6.45, 7) is 0. The van der Waals surface area contributed by atoms with Crippen LogP contribution in [0.25, 0.3) is 105 Å². The SMILES string of the molecule is c1ccc2c(c1)cc(-c1cc(-c3ccc(-n4c5ccccc5c5ccccc54)cc3)nc(-c3ccc(-c4ccnc5ccccc45)cc3)n1)c1ccccc12. The van der Waals surface area contributed by atoms with Crippen molar-refractivity contribution in [3.63, 3.8) is 0 Å². The molecule has 0 N–H and O–H groups in total. The first-order valence-electron chi connectivity index (χ1n) is 18.6. The molecule has 0 atom stereocenters. The van der Waals surface area contributed by atoms with Gasteiger partial charge in [0.1, 0.15) is 0 Å². The number of rotatable bonds is 5. The molecule has 0 saturated carbocycles. The van der Waals surface area contributed by atoms with E-state index < -0.39 is 0 Å². The van der Waals surface area contributed by atoms with Gasteiger partial charge in [-0.15, -0.1) is 0 Å². The van der Waals surface area contributed by atoms with Crippen molar-refractivity contribution in [1.29, 1.82) is 0 Å². The normalized spacial score (nSPS) is 11.6. The summed E-state index contributed by atoms with van der Waals surface area (Å²) < 4.78 is 2.35. The second kappa shape index (κ2) is 12.6. The summed E-state index contributed by atoms with van der Waals surface area (Å²) in [6, 6.07) is 66.6. The van der Waals surface area contributed by atoms with Gasteiger partial charge in [-0.2, -0.15) is 0 Å². The fraction of sp³-hybridized carbons (Fsp3) is 0. The molecular formula is C51H32N4. The van der Waals surface area contributed by atoms with Crippen LogP contribution < -0.4 is 0 Å². The van der Waals surface area contributed by atoms with Crippen LogP contribution in [0, 0.1) is 0 Å². The molecule has 4 heteroatoms. The van der Waals surface area contributed by atoms with Gasteiger partial charge in [0.2, 0.25) is 0 Å². The molecule has 8 aromatic carbocycles. The van der Waals surface area contributed by atoms with Crippen molar-refractivity contribution in [2.75, 3.05) is 0 Å². The van der Waals surface area contributed by atoms with Crippen molar-refractivity contribution < 1.29 is 0 Å². The number of benzene rings is 8. The van der Waals surface area contributed by atoms with E-state index in [1.54, 1.807) is 0 Å². The molecule has 0 saturated heterocycles. The van der Waals surface area contributed by atoms with Gasteiger partial charge in [-0.25, -0.2) is 9.97 Å². The smallest absolute Gasteiger partial charge is 0.160 e. The quantitative estimate of drug-likeness (QED) is 0.168. The van der Waals surface area contributed by atoms with Crippen LogP contribution >= 0.6 is 0 Å². The Morgan fingerprint density at radius 3 is 1.67 bits per heavy atom. The third-order valence-electron chi connectivity index (χ3n) is 10.9. The lowest BCUT2D eigenvalue weighted by atomic mass is 9.95. The Balaban J connectivity index is 1.08. The third kappa shape index (κ3) is 5.19. The molecule has 0 radical (unpaired) electrons. The Hall–Kier alpha value is -7.43. The van der Waals surface area contributed by atoms with Crippen LogP contribution in [0.3, 0.4) is 0 Å². The Bertz CT molecular complexity index is 3190. The van der Waals surface area contributed by atoms with Gasteiger partial charge < -0.3 is 4.57 Å². The lowest BCUT2D eigenvalue weighted by Gasteiger charge is -2.14. The zero-order chi connectivity index (χ0) is 36.3. The van der Waals surface area contributed by atoms with Crippen molar-refractivity contribution in [2.45, 2.75) is 0 Å². The maximum absolute atomic E-state index is 5.31. The maximum atomic E-state index is 5.31. The average Bonchev–Trinajstić information content (AvgIpc) is 3.60. The van der Waals surface area contributed by atoms with Crippen LogP contribution in [0.1, 0.15) is 0 Å². The molecule has 0 amide bonds. The molecular weight excluding hydrogens is 669 g/mol. The molecule has 4 nitrogen and oxygen atoms in total. The summed E-state index contributed by atoms with van der Waals surface area (Å²) >= 11 is 0. The Kier molecular flexibility index (Phi) is 7.14. The van der Waals surface area contributed by atoms with E-state index in [0.717, 1.165) is 55.8 Å². The summed E-state index contributed by atoms with van der Waals surface area (Å²) in [6.07, 6.45) is 1.88. The van der Waals surface area contributed by atoms with Crippen LogP contribution in [-0.2, 0) is 0 Å². The number of para-hydroxylation sites is 3. The van der Waals surface area contributed by atoms with E-state index in [1.165, 1.54) is 43.4 Å². The maximum Gasteiger partial charge on any atom is 0.160 e. The molecule has 0 spiro atoms. The average molecular weight is 701 g/mol. The fourth-order valence-electron chi connectivity index (χ4n) is 8.26. The van der Waals surface area contributed by atoms with Crippen LogP contribution in [0.15, 0.2) is 194 Å². The summed E-state index contributed by atoms with van der Waals surface area (Å²) in [5.41, 5.74) is 11.6. The summed E-state index contributed by atoms with van der Waals surface area (Å²) in [5.74, 6) is 0.683. The largest absolute Gasteiger partial charge is 0.309 e. The zero-order valence-corrected chi connectivity index (χ0v) is 29.8. The Morgan fingerprint density at radius 2 is 0.927 bits per heavy atom. The van der Waals surface area contributed by atoms with Crippen molar-refractivity contribution in [3.8, 4) is 50.7 Å². The zero-order valence-electron chi connectivity index (χ0n) is 29.8. The molecule has 0 aliphatic heterocycles. The monoisotopic (exact) mass is 700 g/mol. The number of fused-ring (bicyclic) bond motifs is 7. The van der Waals surface area contributed by atoms with Crippen LogP contribution in [0.2, 0.25) is 0 Å². The van der Waals surface area contributed by atoms with E-state index in [9.17, 15) is 0 Å². The molecule has 0 bridgehead atoms. The highest BCUT2D eigenvalue weighted by molar-refractivity contribution is 6.13. The molecule has 11 aromatic rings. The molecule has 0 fully saturated rings. The minimum atomic E-state index is 0.683. The molecule has 3 heterocycles. The van der Waals surface area contributed by atoms with Crippen molar-refractivity contribution >= 4 is 54.3 Å². The number of aromatic nitrogens is 4. The van der Waals surface area contributed by atoms with E-state index in [0.29, 0.717) is 5.82 Å². The standard InChI is InChI=1S/C51H32N4/c1-2-12-38-36(11-1)31-45(41-14-4-3-13-40(38)41)48-32-47(34-25-27-37(28-26-34)55-49-19-9-6-16-43(49)44-17-7-10-20-50(44)55)53-51(54-48)35-23-21-33(22-24-35)39-29-30-52-46-18-8-5-15-42(39)46/h1-32H. The molecule has 55 heavy (non-hydrogen) atoms. The first-order valence-corrected chi connectivity index (χ1v) is 18.6. The van der Waals surface area contributed by atoms with E-state index in [-0.39, 0.29) is 0 Å². The Morgan fingerprint density at radius 1 is 0.364 bits per heavy atom. The summed E-state index contributed by atoms with van der Waals surface area (Å²) in [7, 11) is 0. The molecule has 0 aliphatic rings. The van der Waals surface area contributed by atoms with Gasteiger partial charge in [-0.05, 0) is 81.2 Å². The highest BCUT2D eigenvalue weighted by atomic mass is 15.0. The molecule has 11 rings (SSSR count). The predicted molar refractivity (Wildman–Crippen MR) is 228 cm³/mol. The van der Waals surface area contributed by atoms with E-state index >= 15 is 0 Å². The van der Waals surface area contributed by atoms with Crippen LogP contribution in [0.4, 0.5) is 0 Å². The predicted octanol–water partition coefficient (Wildman–Crippen LogP) is 13.1. The number of hydrogen-bond donors (Lipinski definition) is 0. The highest BCUT2D eigenvalue weighted by Gasteiger charge is 2.16. The highest BCUT2D eigenvalue weighted by Crippen LogP contribution is 2.38. The van der Waals surface area contributed by atoms with Crippen molar-refractivity contribution in [1.82, 2.24) is 19.5 Å². The minimum absolute atomic E-state index is 0.683. The number of hydrogen-bond acceptors (Lipinski definition) is 3. The first kappa shape index (κ1) is 31.1. The van der Waals surface area contributed by atoms with Gasteiger partial charge in [0.25, 0.3) is 0 Å². The summed E-state index contributed by atoms with van der Waals surface area (Å²) in [4.78, 5) is 15.1. The molecule has 0 unspecified atom stereocenters. The van der Waals surface area contributed by atoms with Gasteiger partial charge in [0.15, 0.2) is 5.82 Å². The third-order valence-corrected chi connectivity index (χ3v) is 10.9. The first-order chi connectivity index (χ1) is 27.3. The van der Waals surface area contributed by atoms with Gasteiger partial charge in [0.05, 0.1) is 27.9 Å². The van der Waals surface area contributed by atoms with Crippen LogP contribution in [0.5, 0.6) is 0 Å². The lowest BCUT2D eigenvalue weighted by molar-refractivity contribution is 1.17. The van der Waals surface area contributed by atoms with E-state index in [2.05, 4.69) is 192 Å². The minimum Gasteiger partial charge on any atom is -0.309 e. The fourth-order valence-corrected chi connectivity index (χ4v) is 8.26. The Labute approximate surface area is 317 Å². The number of pyridine rings is 1. The van der Waals surface area contributed by atoms with E-state index in [1.807, 2.05) is 12.3 Å². The number of nitrogens with zero attached hydrogens (tertiary/aromatic N) is 4. The molecule has 256 valence electrons. The molecule has 3 aromatic heterocycles. The summed E-state index contributed by atoms with van der Waals surface area (Å²) in [5, 5.41) is 8.42. The topological polar surface area (TPSA) is 43.6 Å². The van der Waals surface area contributed by atoms with Gasteiger partial charge in [-0.1, -0.05) is 140 Å². The second-order valence-electron chi connectivity index (χ2n) is 14.0. The lowest BCUT2D eigenvalue weighted by Crippen LogP contribution is -1.98. The van der Waals surface area contributed by atoms with Gasteiger partial charge in [-0.3, -0.25) is 4.98 Å². The van der Waals surface area contributed by atoms with Gasteiger partial charge in [0, 0.05) is 44.7 Å². The van der Waals surface area contributed by atoms with Crippen molar-refractivity contribution in [2.24, 2.45) is 0 Å². The molecule has 0 aliphatic carbocycles. The van der Waals surface area contributed by atoms with Crippen molar-refractivity contribution in [3.05, 3.63) is 194 Å².